The van der Waals surface area contributed by atoms with Gasteiger partial charge < -0.3 is 14.2 Å². The third kappa shape index (κ3) is 4.74. The van der Waals surface area contributed by atoms with E-state index < -0.39 is 0 Å². The first kappa shape index (κ1) is 21.1. The Morgan fingerprint density at radius 3 is 2.00 bits per heavy atom. The summed E-state index contributed by atoms with van der Waals surface area (Å²) >= 11 is 0. The van der Waals surface area contributed by atoms with Gasteiger partial charge in [-0.2, -0.15) is 0 Å². The van der Waals surface area contributed by atoms with Gasteiger partial charge in [-0.1, -0.05) is 33.1 Å². The lowest BCUT2D eigenvalue weighted by atomic mass is 9.90. The second-order valence-electron chi connectivity index (χ2n) is 6.84. The number of hydrogen-bond donors (Lipinski definition) is 0. The van der Waals surface area contributed by atoms with Crippen molar-refractivity contribution < 1.29 is 19.0 Å². The molecular weight excluding hydrogens is 340 g/mol. The van der Waals surface area contributed by atoms with Crippen LogP contribution in [0.5, 0.6) is 17.2 Å². The Bertz CT molecular complexity index is 780. The third-order valence-corrected chi connectivity index (χ3v) is 5.00. The first-order chi connectivity index (χ1) is 13.1. The van der Waals surface area contributed by atoms with Crippen LogP contribution < -0.4 is 14.2 Å². The predicted octanol–water partition coefficient (Wildman–Crippen LogP) is 5.97. The highest BCUT2D eigenvalue weighted by Gasteiger charge is 2.21. The van der Waals surface area contributed by atoms with Gasteiger partial charge in [-0.05, 0) is 53.8 Å². The fourth-order valence-corrected chi connectivity index (χ4v) is 3.51. The molecule has 0 saturated carbocycles. The lowest BCUT2D eigenvalue weighted by Gasteiger charge is -2.18. The van der Waals surface area contributed by atoms with E-state index in [0.29, 0.717) is 23.7 Å². The molecule has 0 bridgehead atoms. The number of benzene rings is 2. The summed E-state index contributed by atoms with van der Waals surface area (Å²) in [6.07, 6.45) is 6.60. The number of Topliss-reactive ketones (excluding diaryl/α,β-unsaturated/α-hetero) is 1. The molecule has 0 aliphatic heterocycles. The van der Waals surface area contributed by atoms with Crippen molar-refractivity contribution in [3.8, 4) is 17.2 Å². The van der Waals surface area contributed by atoms with E-state index in [1.807, 2.05) is 18.2 Å². The number of ether oxygens (including phenoxy) is 3. The molecule has 2 aromatic rings. The molecule has 27 heavy (non-hydrogen) atoms. The van der Waals surface area contributed by atoms with Crippen molar-refractivity contribution >= 4 is 16.6 Å². The number of rotatable bonds is 11. The van der Waals surface area contributed by atoms with Crippen LogP contribution in [0.15, 0.2) is 18.2 Å². The van der Waals surface area contributed by atoms with Crippen LogP contribution in [0.4, 0.5) is 0 Å². The van der Waals surface area contributed by atoms with Gasteiger partial charge in [0.15, 0.2) is 17.3 Å². The van der Waals surface area contributed by atoms with Crippen molar-refractivity contribution in [2.75, 3.05) is 21.3 Å². The number of carbonyl (C=O) groups is 1. The average molecular weight is 373 g/mol. The fraction of sp³-hybridized carbons (Fsp3) is 0.522. The quantitative estimate of drug-likeness (QED) is 0.360. The first-order valence-electron chi connectivity index (χ1n) is 9.89. The molecule has 0 heterocycles. The minimum absolute atomic E-state index is 0.164. The number of ketones is 1. The number of methoxy groups -OCH3 is 3. The number of carbonyl (C=O) groups excluding carboxylic acids is 1. The van der Waals surface area contributed by atoms with Crippen LogP contribution in [0.3, 0.4) is 0 Å². The molecule has 0 atom stereocenters. The van der Waals surface area contributed by atoms with Crippen molar-refractivity contribution in [3.05, 3.63) is 29.3 Å². The highest BCUT2D eigenvalue weighted by atomic mass is 16.5. The van der Waals surface area contributed by atoms with Crippen LogP contribution in [0.25, 0.3) is 10.8 Å². The molecule has 2 rings (SSSR count). The average Bonchev–Trinajstić information content (AvgIpc) is 2.70. The van der Waals surface area contributed by atoms with Crippen molar-refractivity contribution in [2.45, 2.75) is 58.8 Å². The van der Waals surface area contributed by atoms with E-state index in [-0.39, 0.29) is 5.78 Å². The maximum Gasteiger partial charge on any atom is 0.166 e. The van der Waals surface area contributed by atoms with E-state index in [4.69, 9.17) is 14.2 Å². The van der Waals surface area contributed by atoms with Crippen molar-refractivity contribution in [1.29, 1.82) is 0 Å². The molecule has 0 saturated heterocycles. The minimum atomic E-state index is 0.164. The van der Waals surface area contributed by atoms with E-state index >= 15 is 0 Å². The normalized spacial score (nSPS) is 10.9. The molecular formula is C23H32O4. The Morgan fingerprint density at radius 1 is 0.815 bits per heavy atom. The summed E-state index contributed by atoms with van der Waals surface area (Å²) in [6.45, 7) is 4.29. The molecule has 0 aromatic heterocycles. The smallest absolute Gasteiger partial charge is 0.166 e. The third-order valence-electron chi connectivity index (χ3n) is 5.00. The highest BCUT2D eigenvalue weighted by Crippen LogP contribution is 2.39. The molecule has 4 heteroatoms. The van der Waals surface area contributed by atoms with Crippen LogP contribution in [-0.4, -0.2) is 27.1 Å². The van der Waals surface area contributed by atoms with E-state index in [1.54, 1.807) is 21.3 Å². The second-order valence-corrected chi connectivity index (χ2v) is 6.84. The van der Waals surface area contributed by atoms with Gasteiger partial charge in [0.2, 0.25) is 0 Å². The van der Waals surface area contributed by atoms with Crippen LogP contribution in [0.1, 0.15) is 68.3 Å². The summed E-state index contributed by atoms with van der Waals surface area (Å²) in [6, 6.07) is 5.89. The SMILES string of the molecule is CCCCCc1c(C(=O)CCCC)c(OC)cc2cc(OC)c(OC)cc12. The number of unbranched alkanes of at least 4 members (excludes halogenated alkanes) is 3. The molecule has 4 nitrogen and oxygen atoms in total. The summed E-state index contributed by atoms with van der Waals surface area (Å²) in [5, 5.41) is 2.05. The van der Waals surface area contributed by atoms with Crippen LogP contribution in [-0.2, 0) is 6.42 Å². The minimum Gasteiger partial charge on any atom is -0.496 e. The van der Waals surface area contributed by atoms with Crippen LogP contribution in [0.2, 0.25) is 0 Å². The summed E-state index contributed by atoms with van der Waals surface area (Å²) < 4.78 is 16.6. The fourth-order valence-electron chi connectivity index (χ4n) is 3.51. The molecule has 0 aliphatic carbocycles. The molecule has 0 aliphatic rings. The standard InChI is InChI=1S/C23H32O4/c1-6-8-10-11-17-18-15-21(26-4)20(25-3)13-16(18)14-22(27-5)23(17)19(24)12-9-7-2/h13-15H,6-12H2,1-5H3. The largest absolute Gasteiger partial charge is 0.496 e. The number of hydrogen-bond acceptors (Lipinski definition) is 4. The van der Waals surface area contributed by atoms with E-state index in [9.17, 15) is 4.79 Å². The van der Waals surface area contributed by atoms with E-state index in [2.05, 4.69) is 13.8 Å². The van der Waals surface area contributed by atoms with Crippen molar-refractivity contribution in [3.63, 3.8) is 0 Å². The molecule has 2 aromatic carbocycles. The van der Waals surface area contributed by atoms with Gasteiger partial charge in [0.25, 0.3) is 0 Å². The highest BCUT2D eigenvalue weighted by molar-refractivity contribution is 6.06. The first-order valence-corrected chi connectivity index (χ1v) is 9.89. The monoisotopic (exact) mass is 372 g/mol. The molecule has 0 spiro atoms. The van der Waals surface area contributed by atoms with Gasteiger partial charge in [-0.3, -0.25) is 4.79 Å². The molecule has 0 unspecified atom stereocenters. The lowest BCUT2D eigenvalue weighted by molar-refractivity contribution is 0.0976. The summed E-state index contributed by atoms with van der Waals surface area (Å²) in [5.41, 5.74) is 1.81. The zero-order chi connectivity index (χ0) is 19.8. The van der Waals surface area contributed by atoms with Crippen LogP contribution in [0, 0.1) is 0 Å². The van der Waals surface area contributed by atoms with Crippen molar-refractivity contribution in [2.24, 2.45) is 0 Å². The van der Waals surface area contributed by atoms with Gasteiger partial charge in [0, 0.05) is 6.42 Å². The van der Waals surface area contributed by atoms with Gasteiger partial charge in [-0.15, -0.1) is 0 Å². The van der Waals surface area contributed by atoms with Crippen molar-refractivity contribution in [1.82, 2.24) is 0 Å². The molecule has 0 amide bonds. The molecule has 0 N–H and O–H groups in total. The Morgan fingerprint density at radius 2 is 1.41 bits per heavy atom. The molecule has 148 valence electrons. The topological polar surface area (TPSA) is 44.8 Å². The maximum atomic E-state index is 13.0. The zero-order valence-corrected chi connectivity index (χ0v) is 17.3. The van der Waals surface area contributed by atoms with Gasteiger partial charge in [0.1, 0.15) is 5.75 Å². The Balaban J connectivity index is 2.71. The Kier molecular flexibility index (Phi) is 7.96. The second kappa shape index (κ2) is 10.2. The maximum absolute atomic E-state index is 13.0. The van der Waals surface area contributed by atoms with E-state index in [1.165, 1.54) is 0 Å². The molecule has 0 radical (unpaired) electrons. The Hall–Kier alpha value is -2.23. The van der Waals surface area contributed by atoms with Crippen LogP contribution >= 0.6 is 0 Å². The van der Waals surface area contributed by atoms with E-state index in [0.717, 1.165) is 60.4 Å². The summed E-state index contributed by atoms with van der Waals surface area (Å²) in [7, 11) is 4.90. The summed E-state index contributed by atoms with van der Waals surface area (Å²) in [5.74, 6) is 2.18. The number of fused-ring (bicyclic) bond motifs is 1. The molecule has 0 fully saturated rings. The number of aryl methyl sites for hydroxylation is 1. The van der Waals surface area contributed by atoms with Gasteiger partial charge in [0.05, 0.1) is 26.9 Å². The summed E-state index contributed by atoms with van der Waals surface area (Å²) in [4.78, 5) is 13.0. The predicted molar refractivity (Wildman–Crippen MR) is 111 cm³/mol. The lowest BCUT2D eigenvalue weighted by Crippen LogP contribution is -2.08. The zero-order valence-electron chi connectivity index (χ0n) is 17.3. The van der Waals surface area contributed by atoms with Gasteiger partial charge in [-0.25, -0.2) is 0 Å². The van der Waals surface area contributed by atoms with Gasteiger partial charge >= 0.3 is 0 Å². The Labute approximate surface area is 162 Å².